The highest BCUT2D eigenvalue weighted by Gasteiger charge is 2.26. The van der Waals surface area contributed by atoms with Crippen molar-refractivity contribution in [3.8, 4) is 0 Å². The number of aromatic nitrogens is 2. The van der Waals surface area contributed by atoms with Crippen LogP contribution < -0.4 is 5.56 Å². The number of amides is 1. The van der Waals surface area contributed by atoms with Crippen LogP contribution in [0, 0.1) is 0 Å². The zero-order valence-electron chi connectivity index (χ0n) is 16.5. The van der Waals surface area contributed by atoms with E-state index in [4.69, 9.17) is 9.72 Å². The summed E-state index contributed by atoms with van der Waals surface area (Å²) in [6.45, 7) is 3.86. The van der Waals surface area contributed by atoms with Gasteiger partial charge in [0, 0.05) is 24.6 Å². The maximum Gasteiger partial charge on any atom is 0.263 e. The van der Waals surface area contributed by atoms with E-state index in [9.17, 15) is 9.59 Å². The summed E-state index contributed by atoms with van der Waals surface area (Å²) in [5.74, 6) is 0.457. The van der Waals surface area contributed by atoms with E-state index in [1.807, 2.05) is 4.90 Å². The number of ether oxygens (including phenoxy) is 1. The first-order chi connectivity index (χ1) is 13.6. The minimum Gasteiger partial charge on any atom is -0.383 e. The SMILES string of the molecule is COCCn1c(SCC(=O)N2CCCC[C@H]2C)nc2sc3c(c2c1=O)CCC3. The van der Waals surface area contributed by atoms with E-state index in [1.54, 1.807) is 23.0 Å². The van der Waals surface area contributed by atoms with Gasteiger partial charge < -0.3 is 9.64 Å². The molecule has 2 aliphatic rings. The third-order valence-electron chi connectivity index (χ3n) is 5.76. The highest BCUT2D eigenvalue weighted by Crippen LogP contribution is 2.35. The second-order valence-corrected chi connectivity index (χ2v) is 9.63. The van der Waals surface area contributed by atoms with Gasteiger partial charge in [-0.2, -0.15) is 0 Å². The molecule has 6 nitrogen and oxygen atoms in total. The molecule has 0 bridgehead atoms. The summed E-state index contributed by atoms with van der Waals surface area (Å²) in [6.07, 6.45) is 6.46. The maximum absolute atomic E-state index is 13.2. The minimum atomic E-state index is 0.0164. The summed E-state index contributed by atoms with van der Waals surface area (Å²) < 4.78 is 6.91. The Bertz CT molecular complexity index is 937. The molecule has 152 valence electrons. The van der Waals surface area contributed by atoms with Crippen LogP contribution in [0.3, 0.4) is 0 Å². The number of fused-ring (bicyclic) bond motifs is 3. The van der Waals surface area contributed by atoms with Gasteiger partial charge in [0.05, 0.1) is 24.3 Å². The molecule has 28 heavy (non-hydrogen) atoms. The standard InChI is InChI=1S/C20H27N3O3S2/c1-13-6-3-4-9-22(13)16(24)12-27-20-21-18-17(14-7-5-8-15(14)28-18)19(25)23(20)10-11-26-2/h13H,3-12H2,1-2H3/t13-/m1/s1. The fraction of sp³-hybridized carbons (Fsp3) is 0.650. The van der Waals surface area contributed by atoms with E-state index in [-0.39, 0.29) is 11.5 Å². The summed E-state index contributed by atoms with van der Waals surface area (Å²) in [4.78, 5) is 34.9. The lowest BCUT2D eigenvalue weighted by molar-refractivity contribution is -0.131. The number of likely N-dealkylation sites (tertiary alicyclic amines) is 1. The number of rotatable bonds is 6. The van der Waals surface area contributed by atoms with E-state index < -0.39 is 0 Å². The quantitative estimate of drug-likeness (QED) is 0.530. The summed E-state index contributed by atoms with van der Waals surface area (Å²) >= 11 is 3.03. The Labute approximate surface area is 173 Å². The molecule has 0 radical (unpaired) electrons. The van der Waals surface area contributed by atoms with E-state index >= 15 is 0 Å². The van der Waals surface area contributed by atoms with Crippen molar-refractivity contribution in [3.05, 3.63) is 20.8 Å². The first kappa shape index (κ1) is 19.9. The van der Waals surface area contributed by atoms with Crippen LogP contribution in [0.5, 0.6) is 0 Å². The van der Waals surface area contributed by atoms with Gasteiger partial charge >= 0.3 is 0 Å². The Morgan fingerprint density at radius 1 is 1.32 bits per heavy atom. The molecule has 1 fully saturated rings. The van der Waals surface area contributed by atoms with Gasteiger partial charge in [0.1, 0.15) is 4.83 Å². The number of nitrogens with zero attached hydrogens (tertiary/aromatic N) is 3. The van der Waals surface area contributed by atoms with E-state index in [2.05, 4.69) is 6.92 Å². The number of carbonyl (C=O) groups excluding carboxylic acids is 1. The number of hydrogen-bond acceptors (Lipinski definition) is 6. The molecule has 3 heterocycles. The van der Waals surface area contributed by atoms with Crippen LogP contribution in [0.25, 0.3) is 10.2 Å². The molecule has 1 aliphatic carbocycles. The third-order valence-corrected chi connectivity index (χ3v) is 7.90. The number of methoxy groups -OCH3 is 1. The fourth-order valence-electron chi connectivity index (χ4n) is 4.23. The average molecular weight is 422 g/mol. The van der Waals surface area contributed by atoms with Gasteiger partial charge in [-0.05, 0) is 51.0 Å². The molecule has 2 aromatic heterocycles. The molecular formula is C20H27N3O3S2. The Morgan fingerprint density at radius 2 is 2.18 bits per heavy atom. The van der Waals surface area contributed by atoms with Gasteiger partial charge in [0.2, 0.25) is 5.91 Å². The van der Waals surface area contributed by atoms with Crippen LogP contribution in [0.2, 0.25) is 0 Å². The normalized spacial score (nSPS) is 19.4. The van der Waals surface area contributed by atoms with Gasteiger partial charge in [0.15, 0.2) is 5.16 Å². The molecule has 0 unspecified atom stereocenters. The number of carbonyl (C=O) groups is 1. The largest absolute Gasteiger partial charge is 0.383 e. The van der Waals surface area contributed by atoms with Crippen LogP contribution in [0.4, 0.5) is 0 Å². The van der Waals surface area contributed by atoms with Crippen molar-refractivity contribution in [1.29, 1.82) is 0 Å². The lowest BCUT2D eigenvalue weighted by Crippen LogP contribution is -2.43. The highest BCUT2D eigenvalue weighted by molar-refractivity contribution is 7.99. The van der Waals surface area contributed by atoms with Crippen molar-refractivity contribution in [1.82, 2.24) is 14.5 Å². The van der Waals surface area contributed by atoms with Crippen molar-refractivity contribution in [2.75, 3.05) is 26.0 Å². The van der Waals surface area contributed by atoms with Gasteiger partial charge in [-0.25, -0.2) is 4.98 Å². The average Bonchev–Trinajstić information content (AvgIpc) is 3.26. The Kier molecular flexibility index (Phi) is 6.08. The predicted molar refractivity (Wildman–Crippen MR) is 114 cm³/mol. The fourth-order valence-corrected chi connectivity index (χ4v) is 6.44. The van der Waals surface area contributed by atoms with Crippen LogP contribution in [0.1, 0.15) is 43.0 Å². The number of thioether (sulfide) groups is 1. The number of hydrogen-bond donors (Lipinski definition) is 0. The summed E-state index contributed by atoms with van der Waals surface area (Å²) in [5, 5.41) is 1.42. The van der Waals surface area contributed by atoms with Crippen molar-refractivity contribution < 1.29 is 9.53 Å². The molecular weight excluding hydrogens is 394 g/mol. The number of aryl methyl sites for hydroxylation is 2. The topological polar surface area (TPSA) is 64.4 Å². The first-order valence-electron chi connectivity index (χ1n) is 10.1. The molecule has 2 aromatic rings. The zero-order valence-corrected chi connectivity index (χ0v) is 18.2. The molecule has 0 aromatic carbocycles. The predicted octanol–water partition coefficient (Wildman–Crippen LogP) is 3.09. The number of piperidine rings is 1. The lowest BCUT2D eigenvalue weighted by atomic mass is 10.0. The Balaban J connectivity index is 1.62. The van der Waals surface area contributed by atoms with Crippen molar-refractivity contribution in [2.24, 2.45) is 0 Å². The monoisotopic (exact) mass is 421 g/mol. The zero-order chi connectivity index (χ0) is 19.7. The summed E-state index contributed by atoms with van der Waals surface area (Å²) in [7, 11) is 1.63. The van der Waals surface area contributed by atoms with E-state index in [0.29, 0.717) is 30.1 Å². The molecule has 0 saturated carbocycles. The lowest BCUT2D eigenvalue weighted by Gasteiger charge is -2.33. The third kappa shape index (κ3) is 3.74. The molecule has 8 heteroatoms. The van der Waals surface area contributed by atoms with Gasteiger partial charge in [-0.15, -0.1) is 11.3 Å². The molecule has 1 atom stereocenters. The van der Waals surface area contributed by atoms with Crippen LogP contribution in [-0.4, -0.2) is 52.4 Å². The molecule has 0 N–H and O–H groups in total. The minimum absolute atomic E-state index is 0.0164. The van der Waals surface area contributed by atoms with E-state index in [1.165, 1.54) is 28.6 Å². The number of thiophene rings is 1. The summed E-state index contributed by atoms with van der Waals surface area (Å²) in [5.41, 5.74) is 1.21. The molecule has 1 amide bonds. The van der Waals surface area contributed by atoms with Crippen LogP contribution >= 0.6 is 23.1 Å². The molecule has 1 saturated heterocycles. The molecule has 4 rings (SSSR count). The van der Waals surface area contributed by atoms with Gasteiger partial charge in [-0.1, -0.05) is 11.8 Å². The van der Waals surface area contributed by atoms with E-state index in [0.717, 1.165) is 48.9 Å². The highest BCUT2D eigenvalue weighted by atomic mass is 32.2. The first-order valence-corrected chi connectivity index (χ1v) is 11.9. The van der Waals surface area contributed by atoms with Gasteiger partial charge in [-0.3, -0.25) is 14.2 Å². The second kappa shape index (κ2) is 8.55. The van der Waals surface area contributed by atoms with Crippen molar-refractivity contribution in [2.45, 2.75) is 63.2 Å². The maximum atomic E-state index is 13.2. The van der Waals surface area contributed by atoms with Crippen LogP contribution in [-0.2, 0) is 28.9 Å². The smallest absolute Gasteiger partial charge is 0.263 e. The molecule has 1 aliphatic heterocycles. The Morgan fingerprint density at radius 3 is 2.96 bits per heavy atom. The van der Waals surface area contributed by atoms with Gasteiger partial charge in [0.25, 0.3) is 5.56 Å². The molecule has 0 spiro atoms. The Hall–Kier alpha value is -1.38. The van der Waals surface area contributed by atoms with Crippen molar-refractivity contribution >= 4 is 39.2 Å². The second-order valence-electron chi connectivity index (χ2n) is 7.60. The summed E-state index contributed by atoms with van der Waals surface area (Å²) in [6, 6.07) is 0.299. The van der Waals surface area contributed by atoms with Crippen LogP contribution in [0.15, 0.2) is 9.95 Å². The van der Waals surface area contributed by atoms with Crippen molar-refractivity contribution in [3.63, 3.8) is 0 Å².